The molecule has 2 aromatic rings. The molecule has 4 rings (SSSR count). The molecule has 0 fully saturated rings. The summed E-state index contributed by atoms with van der Waals surface area (Å²) in [6, 6.07) is 15.5. The Bertz CT molecular complexity index is 1100. The van der Waals surface area contributed by atoms with Crippen molar-refractivity contribution in [2.75, 3.05) is 25.6 Å². The molecule has 30 heavy (non-hydrogen) atoms. The first-order valence-corrected chi connectivity index (χ1v) is 10.2. The van der Waals surface area contributed by atoms with Crippen LogP contribution in [0.4, 0.5) is 5.69 Å². The number of fused-ring (bicyclic) bond motifs is 1. The fourth-order valence-electron chi connectivity index (χ4n) is 2.98. The summed E-state index contributed by atoms with van der Waals surface area (Å²) in [6.07, 6.45) is 1.67. The van der Waals surface area contributed by atoms with Gasteiger partial charge in [-0.3, -0.25) is 10.2 Å². The van der Waals surface area contributed by atoms with Gasteiger partial charge >= 0.3 is 0 Å². The fraction of sp³-hybridized carbons (Fsp3) is 0.182. The van der Waals surface area contributed by atoms with Crippen LogP contribution in [0.2, 0.25) is 0 Å². The fourth-order valence-corrected chi connectivity index (χ4v) is 3.78. The van der Waals surface area contributed by atoms with E-state index in [1.165, 1.54) is 16.8 Å². The lowest BCUT2D eigenvalue weighted by Crippen LogP contribution is -2.35. The zero-order valence-corrected chi connectivity index (χ0v) is 17.7. The molecule has 0 aromatic heterocycles. The summed E-state index contributed by atoms with van der Waals surface area (Å²) in [5.74, 6) is 0.354. The molecule has 0 atom stereocenters. The molecule has 8 heteroatoms. The van der Waals surface area contributed by atoms with Crippen molar-refractivity contribution >= 4 is 45.5 Å². The van der Waals surface area contributed by atoms with Gasteiger partial charge in [-0.05, 0) is 54.1 Å². The van der Waals surface area contributed by atoms with Crippen molar-refractivity contribution < 1.29 is 9.53 Å². The van der Waals surface area contributed by atoms with Crippen molar-refractivity contribution in [2.45, 2.75) is 6.92 Å². The quantitative estimate of drug-likeness (QED) is 0.747. The zero-order chi connectivity index (χ0) is 21.3. The van der Waals surface area contributed by atoms with E-state index in [1.807, 2.05) is 74.4 Å². The van der Waals surface area contributed by atoms with Gasteiger partial charge in [-0.25, -0.2) is 0 Å². The predicted octanol–water partition coefficient (Wildman–Crippen LogP) is 3.76. The van der Waals surface area contributed by atoms with Crippen molar-refractivity contribution in [3.05, 3.63) is 65.2 Å². The number of ether oxygens (including phenoxy) is 1. The molecular formula is C22H21N5O2S. The van der Waals surface area contributed by atoms with Crippen molar-refractivity contribution in [2.24, 2.45) is 10.1 Å². The lowest BCUT2D eigenvalue weighted by molar-refractivity contribution is -0.114. The number of hydrogen-bond donors (Lipinski definition) is 1. The molecule has 0 aliphatic carbocycles. The monoisotopic (exact) mass is 419 g/mol. The van der Waals surface area contributed by atoms with Crippen molar-refractivity contribution in [3.63, 3.8) is 0 Å². The van der Waals surface area contributed by atoms with Crippen LogP contribution in [0.3, 0.4) is 0 Å². The Labute approximate surface area is 179 Å². The number of benzene rings is 2. The number of carbonyl (C=O) groups is 1. The van der Waals surface area contributed by atoms with E-state index < -0.39 is 5.91 Å². The maximum atomic E-state index is 12.5. The second-order valence-corrected chi connectivity index (χ2v) is 8.09. The Morgan fingerprint density at radius 1 is 1.17 bits per heavy atom. The Morgan fingerprint density at radius 2 is 1.90 bits per heavy atom. The summed E-state index contributed by atoms with van der Waals surface area (Å²) >= 11 is 1.25. The SMILES string of the molecule is Cc1ccccc1OCC1=NN2C(=N)/C(=C/c3ccc(N(C)C)cc3)C(=O)N=C2S1. The second-order valence-electron chi connectivity index (χ2n) is 7.05. The van der Waals surface area contributed by atoms with Gasteiger partial charge in [0.05, 0.1) is 5.57 Å². The van der Waals surface area contributed by atoms with Gasteiger partial charge in [0.2, 0.25) is 5.17 Å². The summed E-state index contributed by atoms with van der Waals surface area (Å²) in [4.78, 5) is 18.6. The number of rotatable bonds is 5. The van der Waals surface area contributed by atoms with Gasteiger partial charge in [0.1, 0.15) is 17.4 Å². The van der Waals surface area contributed by atoms with E-state index >= 15 is 0 Å². The van der Waals surface area contributed by atoms with E-state index in [4.69, 9.17) is 10.1 Å². The molecule has 2 heterocycles. The van der Waals surface area contributed by atoms with E-state index in [1.54, 1.807) is 6.08 Å². The van der Waals surface area contributed by atoms with Crippen LogP contribution >= 0.6 is 11.8 Å². The van der Waals surface area contributed by atoms with E-state index in [-0.39, 0.29) is 18.0 Å². The summed E-state index contributed by atoms with van der Waals surface area (Å²) in [5.41, 5.74) is 3.12. The molecule has 2 aliphatic rings. The van der Waals surface area contributed by atoms with Crippen LogP contribution in [0.15, 0.2) is 64.2 Å². The highest BCUT2D eigenvalue weighted by Gasteiger charge is 2.35. The summed E-state index contributed by atoms with van der Waals surface area (Å²) in [6.45, 7) is 2.22. The van der Waals surface area contributed by atoms with E-state index in [2.05, 4.69) is 10.1 Å². The van der Waals surface area contributed by atoms with Crippen LogP contribution in [-0.4, -0.2) is 47.7 Å². The lowest BCUT2D eigenvalue weighted by atomic mass is 10.1. The number of hydrogen-bond acceptors (Lipinski definition) is 6. The standard InChI is InChI=1S/C22H21N5O2S/c1-14-6-4-5-7-18(14)29-13-19-25-27-20(23)17(21(28)24-22(27)30-19)12-15-8-10-16(11-9-15)26(2)3/h4-12,23H,13H2,1-3H3/b17-12-,23-20?. The van der Waals surface area contributed by atoms with Gasteiger partial charge in [-0.1, -0.05) is 30.3 Å². The number of amidine groups is 2. The number of aryl methyl sites for hydroxylation is 1. The van der Waals surface area contributed by atoms with Crippen LogP contribution < -0.4 is 9.64 Å². The third-order valence-electron chi connectivity index (χ3n) is 4.66. The highest BCUT2D eigenvalue weighted by atomic mass is 32.2. The number of aliphatic imine (C=N–C) groups is 1. The number of anilines is 1. The Kier molecular flexibility index (Phi) is 5.41. The van der Waals surface area contributed by atoms with Crippen LogP contribution in [0.25, 0.3) is 6.08 Å². The molecule has 0 spiro atoms. The minimum Gasteiger partial charge on any atom is -0.486 e. The molecule has 152 valence electrons. The average molecular weight is 420 g/mol. The Morgan fingerprint density at radius 3 is 2.60 bits per heavy atom. The molecule has 2 aromatic carbocycles. The van der Waals surface area contributed by atoms with Gasteiger partial charge < -0.3 is 9.64 Å². The smallest absolute Gasteiger partial charge is 0.283 e. The van der Waals surface area contributed by atoms with Crippen molar-refractivity contribution in [1.29, 1.82) is 5.41 Å². The number of thioether (sulfide) groups is 1. The molecule has 7 nitrogen and oxygen atoms in total. The molecule has 0 saturated heterocycles. The number of nitrogens with zero attached hydrogens (tertiary/aromatic N) is 4. The molecule has 0 radical (unpaired) electrons. The first-order valence-electron chi connectivity index (χ1n) is 9.37. The molecule has 2 aliphatic heterocycles. The second kappa shape index (κ2) is 8.16. The van der Waals surface area contributed by atoms with Crippen LogP contribution in [0, 0.1) is 12.3 Å². The highest BCUT2D eigenvalue weighted by Crippen LogP contribution is 2.29. The number of amides is 1. The first kappa shape index (κ1) is 19.9. The van der Waals surface area contributed by atoms with Gasteiger partial charge in [-0.15, -0.1) is 0 Å². The van der Waals surface area contributed by atoms with Gasteiger partial charge in [0.25, 0.3) is 5.91 Å². The normalized spacial score (nSPS) is 17.0. The zero-order valence-electron chi connectivity index (χ0n) is 16.9. The predicted molar refractivity (Wildman–Crippen MR) is 122 cm³/mol. The van der Waals surface area contributed by atoms with Gasteiger partial charge in [-0.2, -0.15) is 15.1 Å². The Balaban J connectivity index is 1.52. The molecule has 1 amide bonds. The number of nitrogens with one attached hydrogen (secondary N) is 1. The molecule has 1 N–H and O–H groups in total. The molecule has 0 bridgehead atoms. The van der Waals surface area contributed by atoms with Crippen LogP contribution in [0.5, 0.6) is 5.75 Å². The number of para-hydroxylation sites is 1. The highest BCUT2D eigenvalue weighted by molar-refractivity contribution is 8.27. The number of carbonyl (C=O) groups excluding carboxylic acids is 1. The van der Waals surface area contributed by atoms with Gasteiger partial charge in [0, 0.05) is 19.8 Å². The molecule has 0 unspecified atom stereocenters. The van der Waals surface area contributed by atoms with Crippen LogP contribution in [-0.2, 0) is 4.79 Å². The lowest BCUT2D eigenvalue weighted by Gasteiger charge is -2.20. The summed E-state index contributed by atoms with van der Waals surface area (Å²) in [7, 11) is 3.93. The molecular weight excluding hydrogens is 398 g/mol. The van der Waals surface area contributed by atoms with E-state index in [9.17, 15) is 4.79 Å². The topological polar surface area (TPSA) is 81.4 Å². The number of hydrazone groups is 1. The minimum absolute atomic E-state index is 0.0140. The summed E-state index contributed by atoms with van der Waals surface area (Å²) < 4.78 is 5.83. The average Bonchev–Trinajstić information content (AvgIpc) is 3.14. The third-order valence-corrected chi connectivity index (χ3v) is 5.54. The maximum absolute atomic E-state index is 12.5. The summed E-state index contributed by atoms with van der Waals surface area (Å²) in [5, 5.41) is 15.3. The maximum Gasteiger partial charge on any atom is 0.283 e. The van der Waals surface area contributed by atoms with E-state index in [0.29, 0.717) is 10.2 Å². The van der Waals surface area contributed by atoms with Gasteiger partial charge in [0.15, 0.2) is 5.84 Å². The first-order chi connectivity index (χ1) is 14.4. The van der Waals surface area contributed by atoms with Crippen LogP contribution in [0.1, 0.15) is 11.1 Å². The van der Waals surface area contributed by atoms with Crippen molar-refractivity contribution in [1.82, 2.24) is 5.01 Å². The minimum atomic E-state index is -0.438. The van der Waals surface area contributed by atoms with Crippen molar-refractivity contribution in [3.8, 4) is 5.75 Å². The largest absolute Gasteiger partial charge is 0.486 e. The molecule has 0 saturated carbocycles. The third kappa shape index (κ3) is 3.99. The Hall–Kier alpha value is -3.39. The van der Waals surface area contributed by atoms with E-state index in [0.717, 1.165) is 22.6 Å².